The van der Waals surface area contributed by atoms with Gasteiger partial charge in [0, 0.05) is 29.1 Å². The van der Waals surface area contributed by atoms with Gasteiger partial charge in [-0.2, -0.15) is 5.10 Å². The van der Waals surface area contributed by atoms with Crippen molar-refractivity contribution in [1.82, 2.24) is 15.1 Å². The molecular formula is C22H23F2N5O. The van der Waals surface area contributed by atoms with Gasteiger partial charge in [0.15, 0.2) is 0 Å². The van der Waals surface area contributed by atoms with Crippen LogP contribution < -0.4 is 15.8 Å². The summed E-state index contributed by atoms with van der Waals surface area (Å²) < 4.78 is 34.3. The quantitative estimate of drug-likeness (QED) is 0.427. The second-order valence-corrected chi connectivity index (χ2v) is 7.38. The summed E-state index contributed by atoms with van der Waals surface area (Å²) >= 11 is 0. The van der Waals surface area contributed by atoms with Crippen LogP contribution in [0.4, 0.5) is 14.5 Å². The minimum atomic E-state index is -0.654. The smallest absolute Gasteiger partial charge is 0.126 e. The van der Waals surface area contributed by atoms with Crippen LogP contribution in [-0.4, -0.2) is 28.6 Å². The van der Waals surface area contributed by atoms with Crippen LogP contribution in [0.2, 0.25) is 0 Å². The Morgan fingerprint density at radius 2 is 1.90 bits per heavy atom. The van der Waals surface area contributed by atoms with Crippen LogP contribution in [-0.2, 0) is 6.61 Å². The van der Waals surface area contributed by atoms with Gasteiger partial charge in [-0.1, -0.05) is 0 Å². The number of nitrogens with one attached hydrogen (secondary N) is 2. The maximum Gasteiger partial charge on any atom is 0.126 e. The van der Waals surface area contributed by atoms with Gasteiger partial charge in [-0.15, -0.1) is 0 Å². The molecule has 0 amide bonds. The van der Waals surface area contributed by atoms with E-state index >= 15 is 0 Å². The molecule has 0 aliphatic carbocycles. The van der Waals surface area contributed by atoms with Crippen molar-refractivity contribution in [3.63, 3.8) is 0 Å². The molecule has 6 nitrogen and oxygen atoms in total. The van der Waals surface area contributed by atoms with Gasteiger partial charge < -0.3 is 15.8 Å². The number of benzene rings is 2. The van der Waals surface area contributed by atoms with E-state index in [1.165, 1.54) is 12.1 Å². The van der Waals surface area contributed by atoms with Crippen LogP contribution in [0.3, 0.4) is 0 Å². The van der Waals surface area contributed by atoms with Crippen LogP contribution in [0.15, 0.2) is 48.8 Å². The molecule has 1 fully saturated rings. The van der Waals surface area contributed by atoms with E-state index in [1.54, 1.807) is 24.4 Å². The molecule has 30 heavy (non-hydrogen) atoms. The summed E-state index contributed by atoms with van der Waals surface area (Å²) in [4.78, 5) is 0. The number of nitrogens with zero attached hydrogens (tertiary/aromatic N) is 2. The fraction of sp³-hybridized carbons (Fsp3) is 0.273. The molecule has 1 aliphatic rings. The Bertz CT molecular complexity index is 1040. The van der Waals surface area contributed by atoms with Crippen molar-refractivity contribution in [3.8, 4) is 5.75 Å². The van der Waals surface area contributed by atoms with E-state index in [1.807, 2.05) is 10.9 Å². The third-order valence-corrected chi connectivity index (χ3v) is 5.19. The number of piperidine rings is 1. The van der Waals surface area contributed by atoms with Crippen LogP contribution in [0.1, 0.15) is 35.6 Å². The molecule has 0 saturated carbocycles. The van der Waals surface area contributed by atoms with E-state index in [2.05, 4.69) is 10.4 Å². The van der Waals surface area contributed by atoms with Crippen molar-refractivity contribution in [3.05, 3.63) is 77.1 Å². The zero-order valence-corrected chi connectivity index (χ0v) is 16.4. The Balaban J connectivity index is 1.50. The molecule has 156 valence electrons. The highest BCUT2D eigenvalue weighted by molar-refractivity contribution is 6.13. The van der Waals surface area contributed by atoms with Gasteiger partial charge in [0.1, 0.15) is 24.0 Å². The number of hydrogen-bond acceptors (Lipinski definition) is 5. The summed E-state index contributed by atoms with van der Waals surface area (Å²) in [5.74, 6) is -0.849. The van der Waals surface area contributed by atoms with Gasteiger partial charge in [0.05, 0.1) is 18.0 Å². The highest BCUT2D eigenvalue weighted by Gasteiger charge is 2.18. The Labute approximate surface area is 173 Å². The van der Waals surface area contributed by atoms with Crippen molar-refractivity contribution in [2.75, 3.05) is 18.8 Å². The summed E-state index contributed by atoms with van der Waals surface area (Å²) in [5, 5.41) is 16.4. The number of halogens is 2. The molecule has 8 heteroatoms. The number of rotatable bonds is 6. The van der Waals surface area contributed by atoms with Crippen LogP contribution in [0.25, 0.3) is 0 Å². The van der Waals surface area contributed by atoms with Crippen LogP contribution in [0.5, 0.6) is 5.75 Å². The Kier molecular flexibility index (Phi) is 5.76. The molecule has 3 aromatic rings. The van der Waals surface area contributed by atoms with Crippen molar-refractivity contribution in [2.45, 2.75) is 25.5 Å². The summed E-state index contributed by atoms with van der Waals surface area (Å²) in [6.07, 6.45) is 5.55. The first-order valence-corrected chi connectivity index (χ1v) is 9.81. The van der Waals surface area contributed by atoms with Gasteiger partial charge in [-0.3, -0.25) is 10.1 Å². The predicted octanol–water partition coefficient (Wildman–Crippen LogP) is 3.66. The summed E-state index contributed by atoms with van der Waals surface area (Å²) in [7, 11) is 0. The van der Waals surface area contributed by atoms with E-state index in [0.29, 0.717) is 34.2 Å². The second kappa shape index (κ2) is 8.62. The zero-order chi connectivity index (χ0) is 21.1. The highest BCUT2D eigenvalue weighted by atomic mass is 19.1. The van der Waals surface area contributed by atoms with Gasteiger partial charge in [0.25, 0.3) is 0 Å². The molecular weight excluding hydrogens is 388 g/mol. The normalized spacial score (nSPS) is 14.6. The minimum Gasteiger partial charge on any atom is -0.489 e. The molecule has 2 heterocycles. The van der Waals surface area contributed by atoms with E-state index in [9.17, 15) is 8.78 Å². The number of hydrogen-bond donors (Lipinski definition) is 3. The van der Waals surface area contributed by atoms with Gasteiger partial charge in [-0.25, -0.2) is 8.78 Å². The van der Waals surface area contributed by atoms with Crippen molar-refractivity contribution in [1.29, 1.82) is 5.41 Å². The third kappa shape index (κ3) is 4.49. The first-order valence-electron chi connectivity index (χ1n) is 9.81. The number of nitrogens with two attached hydrogens (primary N) is 1. The summed E-state index contributed by atoms with van der Waals surface area (Å²) in [5.41, 5.74) is 8.35. The van der Waals surface area contributed by atoms with Gasteiger partial charge >= 0.3 is 0 Å². The number of ether oxygens (including phenoxy) is 1. The number of aromatic nitrogens is 2. The fourth-order valence-corrected chi connectivity index (χ4v) is 3.60. The Hall–Kier alpha value is -3.26. The van der Waals surface area contributed by atoms with E-state index in [0.717, 1.165) is 32.0 Å². The largest absolute Gasteiger partial charge is 0.489 e. The lowest BCUT2D eigenvalue weighted by atomic mass is 10.0. The molecule has 2 aromatic carbocycles. The maximum absolute atomic E-state index is 13.3. The van der Waals surface area contributed by atoms with E-state index in [4.69, 9.17) is 15.9 Å². The molecule has 1 aromatic heterocycles. The monoisotopic (exact) mass is 411 g/mol. The van der Waals surface area contributed by atoms with Crippen molar-refractivity contribution < 1.29 is 13.5 Å². The first-order chi connectivity index (χ1) is 14.5. The van der Waals surface area contributed by atoms with Gasteiger partial charge in [0.2, 0.25) is 0 Å². The SMILES string of the molecule is N=C(c1cnn(C2CCNCC2)c1)c1cc(OCc2cc(F)cc(F)c2)ccc1N. The highest BCUT2D eigenvalue weighted by Crippen LogP contribution is 2.25. The maximum atomic E-state index is 13.3. The van der Waals surface area contributed by atoms with Crippen molar-refractivity contribution in [2.24, 2.45) is 0 Å². The lowest BCUT2D eigenvalue weighted by molar-refractivity contribution is 0.305. The fourth-order valence-electron chi connectivity index (χ4n) is 3.60. The van der Waals surface area contributed by atoms with Crippen LogP contribution in [0, 0.1) is 17.0 Å². The first kappa shape index (κ1) is 20.0. The molecule has 0 bridgehead atoms. The lowest BCUT2D eigenvalue weighted by Crippen LogP contribution is -2.29. The van der Waals surface area contributed by atoms with Crippen molar-refractivity contribution >= 4 is 11.4 Å². The topological polar surface area (TPSA) is 89.0 Å². The summed E-state index contributed by atoms with van der Waals surface area (Å²) in [6, 6.07) is 8.57. The molecule has 0 unspecified atom stereocenters. The average molecular weight is 411 g/mol. The minimum absolute atomic E-state index is 0.000973. The standard InChI is InChI=1S/C22H23F2N5O/c23-16-7-14(8-17(24)9-16)13-30-19-1-2-21(25)20(10-19)22(26)15-11-28-29(12-15)18-3-5-27-6-4-18/h1-2,7-12,18,26-27H,3-6,13,25H2. The molecule has 0 radical (unpaired) electrons. The number of anilines is 1. The predicted molar refractivity (Wildman–Crippen MR) is 111 cm³/mol. The Morgan fingerprint density at radius 3 is 2.63 bits per heavy atom. The second-order valence-electron chi connectivity index (χ2n) is 7.38. The molecule has 0 spiro atoms. The van der Waals surface area contributed by atoms with E-state index < -0.39 is 11.6 Å². The lowest BCUT2D eigenvalue weighted by Gasteiger charge is -2.22. The molecule has 0 atom stereocenters. The third-order valence-electron chi connectivity index (χ3n) is 5.19. The van der Waals surface area contributed by atoms with Gasteiger partial charge in [-0.05, 0) is 61.8 Å². The van der Waals surface area contributed by atoms with E-state index in [-0.39, 0.29) is 12.3 Å². The molecule has 1 saturated heterocycles. The van der Waals surface area contributed by atoms with Crippen LogP contribution >= 0.6 is 0 Å². The number of nitrogen functional groups attached to an aromatic ring is 1. The molecule has 1 aliphatic heterocycles. The average Bonchev–Trinajstić information content (AvgIpc) is 3.23. The zero-order valence-electron chi connectivity index (χ0n) is 16.4. The Morgan fingerprint density at radius 1 is 1.17 bits per heavy atom. The molecule has 4 rings (SSSR count). The summed E-state index contributed by atoms with van der Waals surface area (Å²) in [6.45, 7) is 1.91. The molecule has 4 N–H and O–H groups in total.